The van der Waals surface area contributed by atoms with Gasteiger partial charge in [0.15, 0.2) is 17.6 Å². The van der Waals surface area contributed by atoms with Crippen molar-refractivity contribution in [2.75, 3.05) is 20.8 Å². The van der Waals surface area contributed by atoms with E-state index in [9.17, 15) is 9.59 Å². The van der Waals surface area contributed by atoms with E-state index >= 15 is 0 Å². The van der Waals surface area contributed by atoms with Gasteiger partial charge in [0.25, 0.3) is 12.4 Å². The maximum absolute atomic E-state index is 12.8. The first-order valence-electron chi connectivity index (χ1n) is 10.0. The van der Waals surface area contributed by atoms with Crippen LogP contribution in [-0.4, -0.2) is 60.5 Å². The van der Waals surface area contributed by atoms with Crippen LogP contribution in [0.5, 0.6) is 11.5 Å². The third-order valence-corrected chi connectivity index (χ3v) is 5.14. The van der Waals surface area contributed by atoms with E-state index in [-0.39, 0.29) is 24.9 Å². The van der Waals surface area contributed by atoms with Crippen LogP contribution in [0.15, 0.2) is 24.3 Å². The predicted molar refractivity (Wildman–Crippen MR) is 111 cm³/mol. The Hall–Kier alpha value is -3.60. The summed E-state index contributed by atoms with van der Waals surface area (Å²) in [5.74, 6) is 1.02. The van der Waals surface area contributed by atoms with Crippen LogP contribution in [-0.2, 0) is 25.7 Å². The molecule has 1 aliphatic carbocycles. The number of nitrogens with one attached hydrogen (secondary N) is 3. The third kappa shape index (κ3) is 5.55. The average molecular weight is 446 g/mol. The molecule has 1 saturated carbocycles. The number of benzene rings is 1. The molecule has 2 aromatic rings. The molecule has 2 amide bonds. The SMILES string of the molecule is COc1ccc([C@H]2NC(=O)CO[C@@H]2C(=O)NCc2cc(C3CC3)n[nH]2)cc1OC.O=CO. The number of carbonyl (C=O) groups excluding carboxylic acids is 2. The number of carbonyl (C=O) groups is 3. The monoisotopic (exact) mass is 446 g/mol. The van der Waals surface area contributed by atoms with E-state index in [0.29, 0.717) is 29.5 Å². The Labute approximate surface area is 184 Å². The van der Waals surface area contributed by atoms with Crippen molar-refractivity contribution >= 4 is 18.3 Å². The van der Waals surface area contributed by atoms with E-state index in [1.54, 1.807) is 25.3 Å². The smallest absolute Gasteiger partial charge is 0.290 e. The topological polar surface area (TPSA) is 152 Å². The molecule has 2 heterocycles. The molecule has 2 aliphatic rings. The molecule has 1 saturated heterocycles. The maximum Gasteiger partial charge on any atom is 0.290 e. The summed E-state index contributed by atoms with van der Waals surface area (Å²) >= 11 is 0. The number of aromatic amines is 1. The first-order valence-corrected chi connectivity index (χ1v) is 10.0. The highest BCUT2D eigenvalue weighted by molar-refractivity contribution is 5.86. The van der Waals surface area contributed by atoms with E-state index in [2.05, 4.69) is 20.8 Å². The largest absolute Gasteiger partial charge is 0.493 e. The summed E-state index contributed by atoms with van der Waals surface area (Å²) in [6.45, 7) is -0.108. The molecule has 0 bridgehead atoms. The van der Waals surface area contributed by atoms with Crippen molar-refractivity contribution in [3.8, 4) is 11.5 Å². The van der Waals surface area contributed by atoms with Crippen LogP contribution < -0.4 is 20.1 Å². The second kappa shape index (κ2) is 10.6. The van der Waals surface area contributed by atoms with Crippen LogP contribution >= 0.6 is 0 Å². The molecular formula is C21H26N4O7. The number of nitrogens with zero attached hydrogens (tertiary/aromatic N) is 1. The summed E-state index contributed by atoms with van der Waals surface area (Å²) in [6, 6.07) is 6.58. The van der Waals surface area contributed by atoms with Gasteiger partial charge in [-0.15, -0.1) is 0 Å². The van der Waals surface area contributed by atoms with Gasteiger partial charge in [-0.25, -0.2) is 0 Å². The zero-order valence-corrected chi connectivity index (χ0v) is 17.8. The molecule has 1 aromatic carbocycles. The van der Waals surface area contributed by atoms with Gasteiger partial charge < -0.3 is 30.0 Å². The first kappa shape index (κ1) is 23.1. The highest BCUT2D eigenvalue weighted by atomic mass is 16.5. The number of aromatic nitrogens is 2. The van der Waals surface area contributed by atoms with E-state index in [4.69, 9.17) is 24.1 Å². The highest BCUT2D eigenvalue weighted by Crippen LogP contribution is 2.39. The minimum Gasteiger partial charge on any atom is -0.493 e. The van der Waals surface area contributed by atoms with Crippen molar-refractivity contribution in [1.82, 2.24) is 20.8 Å². The minimum absolute atomic E-state index is 0.169. The number of ether oxygens (including phenoxy) is 3. The van der Waals surface area contributed by atoms with Crippen molar-refractivity contribution in [3.05, 3.63) is 41.2 Å². The quantitative estimate of drug-likeness (QED) is 0.458. The van der Waals surface area contributed by atoms with Crippen LogP contribution in [0.25, 0.3) is 0 Å². The van der Waals surface area contributed by atoms with Crippen molar-refractivity contribution in [1.29, 1.82) is 0 Å². The number of amides is 2. The molecule has 172 valence electrons. The van der Waals surface area contributed by atoms with Gasteiger partial charge in [-0.1, -0.05) is 6.07 Å². The fourth-order valence-corrected chi connectivity index (χ4v) is 3.43. The summed E-state index contributed by atoms with van der Waals surface area (Å²) in [4.78, 5) is 33.1. The minimum atomic E-state index is -0.864. The van der Waals surface area contributed by atoms with E-state index < -0.39 is 12.1 Å². The van der Waals surface area contributed by atoms with Crippen LogP contribution in [0.2, 0.25) is 0 Å². The van der Waals surface area contributed by atoms with Crippen molar-refractivity contribution in [3.63, 3.8) is 0 Å². The number of H-pyrrole nitrogens is 1. The lowest BCUT2D eigenvalue weighted by atomic mass is 9.98. The van der Waals surface area contributed by atoms with Crippen LogP contribution in [0.3, 0.4) is 0 Å². The molecule has 1 aromatic heterocycles. The summed E-state index contributed by atoms with van der Waals surface area (Å²) in [5.41, 5.74) is 2.56. The van der Waals surface area contributed by atoms with Crippen LogP contribution in [0.4, 0.5) is 0 Å². The van der Waals surface area contributed by atoms with Gasteiger partial charge in [-0.05, 0) is 36.6 Å². The summed E-state index contributed by atoms with van der Waals surface area (Å²) in [7, 11) is 3.07. The van der Waals surface area contributed by atoms with Crippen LogP contribution in [0, 0.1) is 0 Å². The molecule has 0 radical (unpaired) electrons. The molecule has 32 heavy (non-hydrogen) atoms. The van der Waals surface area contributed by atoms with Gasteiger partial charge in [0, 0.05) is 5.92 Å². The number of carboxylic acid groups (broad SMARTS) is 1. The number of hydrogen-bond donors (Lipinski definition) is 4. The molecule has 2 atom stereocenters. The second-order valence-corrected chi connectivity index (χ2v) is 7.31. The van der Waals surface area contributed by atoms with E-state index in [1.807, 2.05) is 6.07 Å². The lowest BCUT2D eigenvalue weighted by Crippen LogP contribution is -2.52. The molecule has 11 nitrogen and oxygen atoms in total. The first-order chi connectivity index (χ1) is 15.5. The fraction of sp³-hybridized carbons (Fsp3) is 0.429. The van der Waals surface area contributed by atoms with Gasteiger partial charge in [0.2, 0.25) is 5.91 Å². The third-order valence-electron chi connectivity index (χ3n) is 5.14. The highest BCUT2D eigenvalue weighted by Gasteiger charge is 2.36. The van der Waals surface area contributed by atoms with Gasteiger partial charge in [0.05, 0.1) is 38.2 Å². The number of morpholine rings is 1. The Morgan fingerprint density at radius 2 is 2.00 bits per heavy atom. The summed E-state index contributed by atoms with van der Waals surface area (Å²) < 4.78 is 16.2. The van der Waals surface area contributed by atoms with Crippen LogP contribution in [0.1, 0.15) is 41.8 Å². The number of methoxy groups -OCH3 is 2. The second-order valence-electron chi connectivity index (χ2n) is 7.31. The zero-order chi connectivity index (χ0) is 23.1. The van der Waals surface area contributed by atoms with Crippen molar-refractivity contribution in [2.45, 2.75) is 37.5 Å². The molecule has 4 rings (SSSR count). The molecule has 11 heteroatoms. The number of hydrogen-bond acceptors (Lipinski definition) is 7. The predicted octanol–water partition coefficient (Wildman–Crippen LogP) is 0.878. The molecule has 1 aliphatic heterocycles. The van der Waals surface area contributed by atoms with Gasteiger partial charge in [-0.3, -0.25) is 19.5 Å². The molecular weight excluding hydrogens is 420 g/mol. The van der Waals surface area contributed by atoms with Crippen molar-refractivity contribution in [2.24, 2.45) is 0 Å². The maximum atomic E-state index is 12.8. The van der Waals surface area contributed by atoms with E-state index in [1.165, 1.54) is 20.0 Å². The zero-order valence-electron chi connectivity index (χ0n) is 17.8. The normalized spacial score (nSPS) is 19.8. The molecule has 0 unspecified atom stereocenters. The Morgan fingerprint density at radius 3 is 2.66 bits per heavy atom. The average Bonchev–Trinajstić information content (AvgIpc) is 3.55. The standard InChI is InChI=1S/C20H24N4O5.CH2O2/c1-27-15-6-5-12(7-16(15)28-2)18-19(29-10-17(25)22-18)20(26)21-9-13-8-14(24-23-13)11-3-4-11;2-1-3/h5-8,11,18-19H,3-4,9-10H2,1-2H3,(H,21,26)(H,22,25)(H,23,24);1H,(H,2,3)/t18-,19+;/m1./s1. The van der Waals surface area contributed by atoms with Gasteiger partial charge in [0.1, 0.15) is 6.61 Å². The Bertz CT molecular complexity index is 957. The Morgan fingerprint density at radius 1 is 1.28 bits per heavy atom. The van der Waals surface area contributed by atoms with Crippen molar-refractivity contribution < 1.29 is 33.7 Å². The molecule has 0 spiro atoms. The lowest BCUT2D eigenvalue weighted by molar-refractivity contribution is -0.148. The summed E-state index contributed by atoms with van der Waals surface area (Å²) in [6.07, 6.45) is 1.47. The van der Waals surface area contributed by atoms with E-state index in [0.717, 1.165) is 11.4 Å². The Kier molecular flexibility index (Phi) is 7.66. The molecule has 2 fully saturated rings. The summed E-state index contributed by atoms with van der Waals surface area (Å²) in [5, 5.41) is 19.8. The Balaban J connectivity index is 0.000000913. The number of rotatable bonds is 7. The molecule has 4 N–H and O–H groups in total. The fourth-order valence-electron chi connectivity index (χ4n) is 3.43. The lowest BCUT2D eigenvalue weighted by Gasteiger charge is -2.32. The van der Waals surface area contributed by atoms with Gasteiger partial charge in [-0.2, -0.15) is 5.10 Å². The van der Waals surface area contributed by atoms with Gasteiger partial charge >= 0.3 is 0 Å².